The largest absolute Gasteiger partial charge is 0.320 e. The van der Waals surface area contributed by atoms with E-state index in [0.29, 0.717) is 22.3 Å². The van der Waals surface area contributed by atoms with Crippen molar-refractivity contribution in [2.75, 3.05) is 30.4 Å². The zero-order valence-corrected chi connectivity index (χ0v) is 16.8. The van der Waals surface area contributed by atoms with Gasteiger partial charge in [0.15, 0.2) is 12.6 Å². The number of anilines is 2. The lowest BCUT2D eigenvalue weighted by atomic mass is 10.2. The third-order valence-corrected chi connectivity index (χ3v) is 5.56. The summed E-state index contributed by atoms with van der Waals surface area (Å²) in [4.78, 5) is 27.9. The molecule has 0 spiro atoms. The first kappa shape index (κ1) is 19.7. The van der Waals surface area contributed by atoms with E-state index < -0.39 is 0 Å². The summed E-state index contributed by atoms with van der Waals surface area (Å²) in [6.07, 6.45) is 0.860. The SMILES string of the molecule is C[C@H](C(=O)N1CCc2ccccc21)[NH+](C)CC(=O)Nc1c(Cl)cccc1Cl. The number of carbonyl (C=O) groups is 2. The predicted octanol–water partition coefficient (Wildman–Crippen LogP) is 2.42. The van der Waals surface area contributed by atoms with Crippen LogP contribution in [0.25, 0.3) is 0 Å². The van der Waals surface area contributed by atoms with Crippen LogP contribution in [0.2, 0.25) is 10.0 Å². The first-order valence-corrected chi connectivity index (χ1v) is 9.59. The van der Waals surface area contributed by atoms with Gasteiger partial charge in [0.25, 0.3) is 11.8 Å². The van der Waals surface area contributed by atoms with E-state index in [1.807, 2.05) is 43.1 Å². The van der Waals surface area contributed by atoms with Crippen LogP contribution in [0, 0.1) is 0 Å². The lowest BCUT2D eigenvalue weighted by molar-refractivity contribution is -0.885. The molecular formula is C20H22Cl2N3O2+. The lowest BCUT2D eigenvalue weighted by Gasteiger charge is -2.25. The van der Waals surface area contributed by atoms with Crippen LogP contribution >= 0.6 is 23.2 Å². The van der Waals surface area contributed by atoms with Crippen molar-refractivity contribution in [3.8, 4) is 0 Å². The topological polar surface area (TPSA) is 53.9 Å². The molecule has 2 N–H and O–H groups in total. The summed E-state index contributed by atoms with van der Waals surface area (Å²) in [5, 5.41) is 3.50. The summed E-state index contributed by atoms with van der Waals surface area (Å²) in [7, 11) is 1.83. The summed E-state index contributed by atoms with van der Waals surface area (Å²) >= 11 is 12.2. The predicted molar refractivity (Wildman–Crippen MR) is 109 cm³/mol. The number of fused-ring (bicyclic) bond motifs is 1. The van der Waals surface area contributed by atoms with E-state index in [2.05, 4.69) is 5.32 Å². The van der Waals surface area contributed by atoms with Crippen LogP contribution in [-0.2, 0) is 16.0 Å². The van der Waals surface area contributed by atoms with Gasteiger partial charge in [-0.2, -0.15) is 0 Å². The van der Waals surface area contributed by atoms with Gasteiger partial charge in [-0.25, -0.2) is 0 Å². The molecule has 7 heteroatoms. The molecule has 27 heavy (non-hydrogen) atoms. The molecule has 1 aliphatic heterocycles. The Morgan fingerprint density at radius 1 is 1.15 bits per heavy atom. The van der Waals surface area contributed by atoms with E-state index in [1.54, 1.807) is 18.2 Å². The molecule has 0 fully saturated rings. The van der Waals surface area contributed by atoms with E-state index in [9.17, 15) is 9.59 Å². The van der Waals surface area contributed by atoms with E-state index >= 15 is 0 Å². The number of amides is 2. The highest BCUT2D eigenvalue weighted by Crippen LogP contribution is 2.29. The van der Waals surface area contributed by atoms with Gasteiger partial charge < -0.3 is 15.1 Å². The molecule has 0 radical (unpaired) electrons. The summed E-state index contributed by atoms with van der Waals surface area (Å²) in [5.41, 5.74) is 2.54. The first-order valence-electron chi connectivity index (χ1n) is 8.84. The molecule has 2 aromatic rings. The van der Waals surface area contributed by atoms with Crippen molar-refractivity contribution < 1.29 is 14.5 Å². The molecule has 2 amide bonds. The molecule has 1 unspecified atom stereocenters. The normalized spacial score (nSPS) is 15.2. The molecule has 5 nitrogen and oxygen atoms in total. The highest BCUT2D eigenvalue weighted by molar-refractivity contribution is 6.39. The summed E-state index contributed by atoms with van der Waals surface area (Å²) in [5.74, 6) is -0.231. The van der Waals surface area contributed by atoms with Crippen molar-refractivity contribution in [1.82, 2.24) is 0 Å². The Morgan fingerprint density at radius 3 is 2.52 bits per heavy atom. The zero-order chi connectivity index (χ0) is 19.6. The van der Waals surface area contributed by atoms with Crippen molar-refractivity contribution in [2.24, 2.45) is 0 Å². The number of rotatable bonds is 5. The number of benzene rings is 2. The third kappa shape index (κ3) is 4.26. The summed E-state index contributed by atoms with van der Waals surface area (Å²) in [6, 6.07) is 12.6. The number of hydrogen-bond acceptors (Lipinski definition) is 2. The molecule has 1 heterocycles. The number of hydrogen-bond donors (Lipinski definition) is 2. The molecule has 0 bridgehead atoms. The molecule has 142 valence electrons. The average molecular weight is 407 g/mol. The monoisotopic (exact) mass is 406 g/mol. The Kier molecular flexibility index (Phi) is 6.05. The number of para-hydroxylation sites is 2. The molecule has 0 aliphatic carbocycles. The smallest absolute Gasteiger partial charge is 0.284 e. The molecule has 1 aliphatic rings. The maximum Gasteiger partial charge on any atom is 0.284 e. The highest BCUT2D eigenvalue weighted by Gasteiger charge is 2.32. The zero-order valence-electron chi connectivity index (χ0n) is 15.3. The maximum atomic E-state index is 12.9. The Morgan fingerprint density at radius 2 is 1.81 bits per heavy atom. The molecule has 2 atom stereocenters. The summed E-state index contributed by atoms with van der Waals surface area (Å²) in [6.45, 7) is 2.65. The molecule has 0 saturated carbocycles. The van der Waals surface area contributed by atoms with Gasteiger partial charge in [-0.05, 0) is 37.1 Å². The van der Waals surface area contributed by atoms with Crippen LogP contribution in [0.1, 0.15) is 12.5 Å². The van der Waals surface area contributed by atoms with Gasteiger partial charge in [0.05, 0.1) is 22.8 Å². The highest BCUT2D eigenvalue weighted by atomic mass is 35.5. The van der Waals surface area contributed by atoms with Crippen molar-refractivity contribution >= 4 is 46.4 Å². The van der Waals surface area contributed by atoms with Gasteiger partial charge in [-0.15, -0.1) is 0 Å². The van der Waals surface area contributed by atoms with Gasteiger partial charge in [0, 0.05) is 12.2 Å². The fourth-order valence-electron chi connectivity index (χ4n) is 3.22. The lowest BCUT2D eigenvalue weighted by Crippen LogP contribution is -3.15. The first-order chi connectivity index (χ1) is 12.9. The van der Waals surface area contributed by atoms with Crippen LogP contribution in [0.15, 0.2) is 42.5 Å². The maximum absolute atomic E-state index is 12.9. The second kappa shape index (κ2) is 8.30. The number of nitrogens with one attached hydrogen (secondary N) is 2. The van der Waals surface area contributed by atoms with Crippen molar-refractivity contribution in [3.63, 3.8) is 0 Å². The van der Waals surface area contributed by atoms with Crippen molar-refractivity contribution in [1.29, 1.82) is 0 Å². The van der Waals surface area contributed by atoms with E-state index in [0.717, 1.165) is 17.0 Å². The number of halogens is 2. The Hall–Kier alpha value is -2.08. The van der Waals surface area contributed by atoms with Gasteiger partial charge in [-0.3, -0.25) is 9.59 Å². The second-order valence-corrected chi connectivity index (χ2v) is 7.57. The summed E-state index contributed by atoms with van der Waals surface area (Å²) < 4.78 is 0. The molecular weight excluding hydrogens is 385 g/mol. The fraction of sp³-hybridized carbons (Fsp3) is 0.300. The van der Waals surface area contributed by atoms with Gasteiger partial charge in [0.1, 0.15) is 0 Å². The quantitative estimate of drug-likeness (QED) is 0.800. The average Bonchev–Trinajstić information content (AvgIpc) is 3.07. The van der Waals surface area contributed by atoms with Gasteiger partial charge in [0.2, 0.25) is 0 Å². The second-order valence-electron chi connectivity index (χ2n) is 6.76. The Balaban J connectivity index is 1.63. The van der Waals surface area contributed by atoms with Crippen molar-refractivity contribution in [3.05, 3.63) is 58.1 Å². The fourth-order valence-corrected chi connectivity index (χ4v) is 3.71. The minimum absolute atomic E-state index is 0.0148. The van der Waals surface area contributed by atoms with E-state index in [-0.39, 0.29) is 24.4 Å². The number of nitrogens with zero attached hydrogens (tertiary/aromatic N) is 1. The minimum atomic E-state index is -0.358. The molecule has 0 saturated heterocycles. The van der Waals surface area contributed by atoms with Gasteiger partial charge in [-0.1, -0.05) is 47.5 Å². The standard InChI is InChI=1S/C20H21Cl2N3O2/c1-13(20(27)25-11-10-14-6-3-4-9-17(14)25)24(2)12-18(26)23-19-15(21)7-5-8-16(19)22/h3-9,13H,10-12H2,1-2H3,(H,23,26)/p+1/t13-/m1/s1. The van der Waals surface area contributed by atoms with Crippen LogP contribution in [0.4, 0.5) is 11.4 Å². The molecule has 0 aromatic heterocycles. The van der Waals surface area contributed by atoms with Crippen LogP contribution in [0.5, 0.6) is 0 Å². The number of likely N-dealkylation sites (N-methyl/N-ethyl adjacent to an activating group) is 1. The molecule has 2 aromatic carbocycles. The number of carbonyl (C=O) groups excluding carboxylic acids is 2. The van der Waals surface area contributed by atoms with E-state index in [1.165, 1.54) is 5.56 Å². The van der Waals surface area contributed by atoms with E-state index in [4.69, 9.17) is 23.2 Å². The Labute approximate surface area is 168 Å². The van der Waals surface area contributed by atoms with Gasteiger partial charge >= 0.3 is 0 Å². The Bertz CT molecular complexity index is 852. The minimum Gasteiger partial charge on any atom is -0.320 e. The number of quaternary nitrogens is 1. The van der Waals surface area contributed by atoms with Crippen molar-refractivity contribution in [2.45, 2.75) is 19.4 Å². The van der Waals surface area contributed by atoms with Crippen LogP contribution < -0.4 is 15.1 Å². The van der Waals surface area contributed by atoms with Crippen LogP contribution in [-0.4, -0.2) is 38.0 Å². The van der Waals surface area contributed by atoms with Crippen LogP contribution in [0.3, 0.4) is 0 Å². The third-order valence-electron chi connectivity index (χ3n) is 4.93. The molecule has 3 rings (SSSR count).